The van der Waals surface area contributed by atoms with E-state index in [0.29, 0.717) is 5.75 Å². The lowest BCUT2D eigenvalue weighted by atomic mass is 10.3. The summed E-state index contributed by atoms with van der Waals surface area (Å²) in [7, 11) is 0. The number of nitrogens with zero attached hydrogens (tertiary/aromatic N) is 1. The maximum Gasteiger partial charge on any atom is 0.193 e. The third-order valence-electron chi connectivity index (χ3n) is 2.77. The minimum Gasteiger partial charge on any atom is -0.491 e. The van der Waals surface area contributed by atoms with Crippen LogP contribution in [0, 0.1) is 5.82 Å². The molecular formula is C16H18FN3O2. The summed E-state index contributed by atoms with van der Waals surface area (Å²) in [5, 5.41) is 12.7. The smallest absolute Gasteiger partial charge is 0.193 e. The summed E-state index contributed by atoms with van der Waals surface area (Å²) in [5.41, 5.74) is 6.54. The molecule has 4 N–H and O–H groups in total. The van der Waals surface area contributed by atoms with Crippen molar-refractivity contribution in [3.8, 4) is 5.75 Å². The van der Waals surface area contributed by atoms with Crippen LogP contribution in [0.2, 0.25) is 0 Å². The average Bonchev–Trinajstić information content (AvgIpc) is 2.53. The first kappa shape index (κ1) is 15.8. The number of aliphatic imine (C=N–C) groups is 1. The van der Waals surface area contributed by atoms with Crippen LogP contribution in [-0.4, -0.2) is 30.3 Å². The van der Waals surface area contributed by atoms with Gasteiger partial charge >= 0.3 is 0 Å². The maximum absolute atomic E-state index is 12.7. The third-order valence-corrected chi connectivity index (χ3v) is 2.77. The van der Waals surface area contributed by atoms with E-state index in [2.05, 4.69) is 10.3 Å². The van der Waals surface area contributed by atoms with Crippen molar-refractivity contribution in [3.63, 3.8) is 0 Å². The molecule has 0 spiro atoms. The minimum absolute atomic E-state index is 0.0494. The number of halogens is 1. The van der Waals surface area contributed by atoms with Crippen molar-refractivity contribution in [2.45, 2.75) is 6.10 Å². The average molecular weight is 303 g/mol. The number of ether oxygens (including phenoxy) is 1. The molecule has 0 aliphatic rings. The summed E-state index contributed by atoms with van der Waals surface area (Å²) in [4.78, 5) is 4.04. The molecule has 1 unspecified atom stereocenters. The first-order valence-electron chi connectivity index (χ1n) is 6.82. The Kier molecular flexibility index (Phi) is 5.73. The SMILES string of the molecule is NC(=NCC(O)COc1ccc(F)cc1)Nc1ccccc1. The molecule has 2 rings (SSSR count). The summed E-state index contributed by atoms with van der Waals surface area (Å²) in [6.45, 7) is 0.153. The van der Waals surface area contributed by atoms with Crippen LogP contribution in [0.4, 0.5) is 10.1 Å². The molecule has 0 aromatic heterocycles. The van der Waals surface area contributed by atoms with Gasteiger partial charge in [0.25, 0.3) is 0 Å². The molecule has 0 radical (unpaired) electrons. The first-order valence-corrected chi connectivity index (χ1v) is 6.82. The van der Waals surface area contributed by atoms with Gasteiger partial charge in [-0.25, -0.2) is 4.39 Å². The first-order chi connectivity index (χ1) is 10.6. The highest BCUT2D eigenvalue weighted by Crippen LogP contribution is 2.11. The summed E-state index contributed by atoms with van der Waals surface area (Å²) in [5.74, 6) is 0.365. The Morgan fingerprint density at radius 1 is 1.18 bits per heavy atom. The van der Waals surface area contributed by atoms with Crippen molar-refractivity contribution in [1.82, 2.24) is 0 Å². The van der Waals surface area contributed by atoms with Gasteiger partial charge in [-0.05, 0) is 36.4 Å². The van der Waals surface area contributed by atoms with Gasteiger partial charge in [-0.2, -0.15) is 0 Å². The Bertz CT molecular complexity index is 603. The van der Waals surface area contributed by atoms with E-state index in [1.165, 1.54) is 24.3 Å². The normalized spacial score (nSPS) is 12.7. The standard InChI is InChI=1S/C16H18FN3O2/c17-12-6-8-15(9-7-12)22-11-14(21)10-19-16(18)20-13-4-2-1-3-5-13/h1-9,14,21H,10-11H2,(H3,18,19,20). The van der Waals surface area contributed by atoms with Crippen molar-refractivity contribution < 1.29 is 14.2 Å². The molecular weight excluding hydrogens is 285 g/mol. The highest BCUT2D eigenvalue weighted by Gasteiger charge is 2.05. The van der Waals surface area contributed by atoms with Crippen LogP contribution < -0.4 is 15.8 Å². The molecule has 2 aromatic rings. The number of nitrogens with two attached hydrogens (primary N) is 1. The quantitative estimate of drug-likeness (QED) is 0.563. The number of benzene rings is 2. The zero-order chi connectivity index (χ0) is 15.8. The Morgan fingerprint density at radius 3 is 2.55 bits per heavy atom. The largest absolute Gasteiger partial charge is 0.491 e. The molecule has 6 heteroatoms. The fourth-order valence-corrected chi connectivity index (χ4v) is 1.69. The second-order valence-electron chi connectivity index (χ2n) is 4.64. The zero-order valence-corrected chi connectivity index (χ0v) is 11.9. The predicted octanol–water partition coefficient (Wildman–Crippen LogP) is 1.99. The lowest BCUT2D eigenvalue weighted by Crippen LogP contribution is -2.27. The molecule has 0 amide bonds. The van der Waals surface area contributed by atoms with E-state index in [1.54, 1.807) is 0 Å². The molecule has 0 heterocycles. The molecule has 0 aliphatic carbocycles. The molecule has 2 aromatic carbocycles. The van der Waals surface area contributed by atoms with Gasteiger partial charge in [-0.1, -0.05) is 18.2 Å². The third kappa shape index (κ3) is 5.41. The summed E-state index contributed by atoms with van der Waals surface area (Å²) in [6.07, 6.45) is -0.804. The Labute approximate surface area is 128 Å². The summed E-state index contributed by atoms with van der Waals surface area (Å²) < 4.78 is 18.1. The molecule has 1 atom stereocenters. The maximum atomic E-state index is 12.7. The topological polar surface area (TPSA) is 79.9 Å². The monoisotopic (exact) mass is 303 g/mol. The van der Waals surface area contributed by atoms with Gasteiger partial charge < -0.3 is 20.9 Å². The molecule has 116 valence electrons. The minimum atomic E-state index is -0.804. The van der Waals surface area contributed by atoms with E-state index in [4.69, 9.17) is 10.5 Å². The molecule has 0 aliphatic heterocycles. The molecule has 0 bridgehead atoms. The zero-order valence-electron chi connectivity index (χ0n) is 11.9. The summed E-state index contributed by atoms with van der Waals surface area (Å²) in [6, 6.07) is 14.9. The van der Waals surface area contributed by atoms with E-state index >= 15 is 0 Å². The molecule has 0 saturated carbocycles. The van der Waals surface area contributed by atoms with Crippen molar-refractivity contribution in [1.29, 1.82) is 0 Å². The van der Waals surface area contributed by atoms with Crippen molar-refractivity contribution in [3.05, 3.63) is 60.4 Å². The van der Waals surface area contributed by atoms with E-state index in [9.17, 15) is 9.50 Å². The van der Waals surface area contributed by atoms with Crippen LogP contribution in [0.5, 0.6) is 5.75 Å². The Morgan fingerprint density at radius 2 is 1.86 bits per heavy atom. The Balaban J connectivity index is 1.75. The second kappa shape index (κ2) is 7.99. The molecule has 0 saturated heterocycles. The number of guanidine groups is 1. The number of rotatable bonds is 6. The number of nitrogens with one attached hydrogen (secondary N) is 1. The van der Waals surface area contributed by atoms with Crippen LogP contribution in [0.3, 0.4) is 0 Å². The number of aliphatic hydroxyl groups excluding tert-OH is 1. The van der Waals surface area contributed by atoms with Crippen LogP contribution in [0.1, 0.15) is 0 Å². The van der Waals surface area contributed by atoms with Gasteiger partial charge in [0.15, 0.2) is 5.96 Å². The fraction of sp³-hybridized carbons (Fsp3) is 0.188. The van der Waals surface area contributed by atoms with Crippen LogP contribution in [0.15, 0.2) is 59.6 Å². The van der Waals surface area contributed by atoms with Crippen LogP contribution in [0.25, 0.3) is 0 Å². The number of aliphatic hydroxyl groups is 1. The number of hydrogen-bond acceptors (Lipinski definition) is 3. The van der Waals surface area contributed by atoms with Crippen molar-refractivity contribution in [2.24, 2.45) is 10.7 Å². The highest BCUT2D eigenvalue weighted by molar-refractivity contribution is 5.92. The van der Waals surface area contributed by atoms with E-state index < -0.39 is 6.10 Å². The molecule has 5 nitrogen and oxygen atoms in total. The lowest BCUT2D eigenvalue weighted by molar-refractivity contribution is 0.114. The number of anilines is 1. The fourth-order valence-electron chi connectivity index (χ4n) is 1.69. The Hall–Kier alpha value is -2.60. The molecule has 22 heavy (non-hydrogen) atoms. The van der Waals surface area contributed by atoms with Gasteiger partial charge in [0.1, 0.15) is 24.3 Å². The number of para-hydroxylation sites is 1. The predicted molar refractivity (Wildman–Crippen MR) is 84.5 cm³/mol. The van der Waals surface area contributed by atoms with Crippen LogP contribution >= 0.6 is 0 Å². The van der Waals surface area contributed by atoms with E-state index in [0.717, 1.165) is 5.69 Å². The molecule has 0 fully saturated rings. The van der Waals surface area contributed by atoms with Gasteiger partial charge in [-0.15, -0.1) is 0 Å². The van der Waals surface area contributed by atoms with Gasteiger partial charge in [0.05, 0.1) is 6.54 Å². The van der Waals surface area contributed by atoms with E-state index in [1.807, 2.05) is 30.3 Å². The van der Waals surface area contributed by atoms with Gasteiger partial charge in [0, 0.05) is 5.69 Å². The van der Waals surface area contributed by atoms with E-state index in [-0.39, 0.29) is 24.9 Å². The summed E-state index contributed by atoms with van der Waals surface area (Å²) >= 11 is 0. The highest BCUT2D eigenvalue weighted by atomic mass is 19.1. The number of hydrogen-bond donors (Lipinski definition) is 3. The van der Waals surface area contributed by atoms with Crippen molar-refractivity contribution in [2.75, 3.05) is 18.5 Å². The van der Waals surface area contributed by atoms with Gasteiger partial charge in [0.2, 0.25) is 0 Å². The van der Waals surface area contributed by atoms with Gasteiger partial charge in [-0.3, -0.25) is 4.99 Å². The van der Waals surface area contributed by atoms with Crippen molar-refractivity contribution >= 4 is 11.6 Å². The lowest BCUT2D eigenvalue weighted by Gasteiger charge is -2.11. The second-order valence-corrected chi connectivity index (χ2v) is 4.64. The van der Waals surface area contributed by atoms with Crippen LogP contribution in [-0.2, 0) is 0 Å².